The number of rotatable bonds is 4. The minimum Gasteiger partial charge on any atom is -0.371 e. The van der Waals surface area contributed by atoms with E-state index in [1.165, 1.54) is 5.69 Å². The number of amides is 2. The number of hydrogen-bond acceptors (Lipinski definition) is 2. The summed E-state index contributed by atoms with van der Waals surface area (Å²) in [5.74, 6) is 0.0158. The number of halogens is 1. The van der Waals surface area contributed by atoms with Gasteiger partial charge in [0.25, 0.3) is 0 Å². The lowest BCUT2D eigenvalue weighted by molar-refractivity contribution is 0.250. The van der Waals surface area contributed by atoms with Crippen LogP contribution in [0, 0.1) is 18.7 Å². The lowest BCUT2D eigenvalue weighted by atomic mass is 10.1. The van der Waals surface area contributed by atoms with E-state index in [9.17, 15) is 9.18 Å². The van der Waals surface area contributed by atoms with Crippen molar-refractivity contribution in [2.45, 2.75) is 13.3 Å². The van der Waals surface area contributed by atoms with Crippen molar-refractivity contribution in [2.24, 2.45) is 5.92 Å². The smallest absolute Gasteiger partial charge is 0.319 e. The van der Waals surface area contributed by atoms with Gasteiger partial charge in [-0.25, -0.2) is 9.18 Å². The number of hydrogen-bond donors (Lipinski definition) is 2. The average molecular weight is 327 g/mol. The lowest BCUT2D eigenvalue weighted by Crippen LogP contribution is -2.34. The molecule has 126 valence electrons. The van der Waals surface area contributed by atoms with Crippen LogP contribution in [-0.4, -0.2) is 25.7 Å². The van der Waals surface area contributed by atoms with Crippen LogP contribution in [0.3, 0.4) is 0 Å². The van der Waals surface area contributed by atoms with Gasteiger partial charge in [-0.15, -0.1) is 0 Å². The number of para-hydroxylation sites is 1. The van der Waals surface area contributed by atoms with Crippen molar-refractivity contribution in [3.63, 3.8) is 0 Å². The highest BCUT2D eigenvalue weighted by Crippen LogP contribution is 2.23. The molecule has 2 N–H and O–H groups in total. The third-order valence-corrected chi connectivity index (χ3v) is 4.40. The Balaban J connectivity index is 1.48. The van der Waals surface area contributed by atoms with Crippen LogP contribution in [0.25, 0.3) is 0 Å². The lowest BCUT2D eigenvalue weighted by Gasteiger charge is -2.18. The molecule has 1 atom stereocenters. The highest BCUT2D eigenvalue weighted by molar-refractivity contribution is 5.89. The van der Waals surface area contributed by atoms with E-state index in [4.69, 9.17) is 0 Å². The molecular formula is C19H22FN3O. The van der Waals surface area contributed by atoms with Crippen LogP contribution in [-0.2, 0) is 0 Å². The number of urea groups is 1. The number of carbonyl (C=O) groups is 1. The van der Waals surface area contributed by atoms with Crippen molar-refractivity contribution in [3.8, 4) is 0 Å². The first-order valence-corrected chi connectivity index (χ1v) is 8.23. The molecule has 0 spiro atoms. The molecular weight excluding hydrogens is 305 g/mol. The molecule has 1 fully saturated rings. The summed E-state index contributed by atoms with van der Waals surface area (Å²) in [7, 11) is 0. The van der Waals surface area contributed by atoms with E-state index in [-0.39, 0.29) is 17.5 Å². The largest absolute Gasteiger partial charge is 0.371 e. The number of nitrogens with zero attached hydrogens (tertiary/aromatic N) is 1. The normalized spacial score (nSPS) is 16.9. The fourth-order valence-electron chi connectivity index (χ4n) is 3.02. The van der Waals surface area contributed by atoms with Gasteiger partial charge in [-0.2, -0.15) is 0 Å². The maximum Gasteiger partial charge on any atom is 0.319 e. The van der Waals surface area contributed by atoms with Crippen LogP contribution in [0.4, 0.5) is 20.6 Å². The standard InChI is InChI=1S/C19H22FN3O/c1-14-6-5-9-17(18(14)20)22-19(24)21-12-15-10-11-23(13-15)16-7-3-2-4-8-16/h2-9,15H,10-13H2,1H3,(H2,21,22,24)/t15-/m1/s1. The molecule has 1 aliphatic heterocycles. The van der Waals surface area contributed by atoms with E-state index in [1.807, 2.05) is 18.2 Å². The molecule has 2 amide bonds. The maximum absolute atomic E-state index is 13.9. The van der Waals surface area contributed by atoms with Gasteiger partial charge in [-0.1, -0.05) is 30.3 Å². The predicted molar refractivity (Wildman–Crippen MR) is 94.9 cm³/mol. The van der Waals surface area contributed by atoms with Gasteiger partial charge in [-0.05, 0) is 43.0 Å². The molecule has 0 radical (unpaired) electrons. The van der Waals surface area contributed by atoms with E-state index < -0.39 is 0 Å². The van der Waals surface area contributed by atoms with Crippen LogP contribution in [0.2, 0.25) is 0 Å². The molecule has 0 unspecified atom stereocenters. The van der Waals surface area contributed by atoms with Crippen molar-refractivity contribution in [3.05, 3.63) is 59.9 Å². The number of anilines is 2. The summed E-state index contributed by atoms with van der Waals surface area (Å²) in [4.78, 5) is 14.3. The summed E-state index contributed by atoms with van der Waals surface area (Å²) >= 11 is 0. The van der Waals surface area contributed by atoms with Gasteiger partial charge in [0.2, 0.25) is 0 Å². The van der Waals surface area contributed by atoms with Crippen molar-refractivity contribution in [1.29, 1.82) is 0 Å². The number of benzene rings is 2. The van der Waals surface area contributed by atoms with Crippen molar-refractivity contribution in [1.82, 2.24) is 5.32 Å². The van der Waals surface area contributed by atoms with E-state index in [0.717, 1.165) is 19.5 Å². The number of aryl methyl sites for hydroxylation is 1. The van der Waals surface area contributed by atoms with Crippen molar-refractivity contribution in [2.75, 3.05) is 29.9 Å². The Morgan fingerprint density at radius 1 is 1.21 bits per heavy atom. The fourth-order valence-corrected chi connectivity index (χ4v) is 3.02. The summed E-state index contributed by atoms with van der Waals surface area (Å²) in [6.07, 6.45) is 1.04. The first-order valence-electron chi connectivity index (χ1n) is 8.23. The average Bonchev–Trinajstić information content (AvgIpc) is 3.07. The third kappa shape index (κ3) is 3.85. The molecule has 4 nitrogen and oxygen atoms in total. The van der Waals surface area contributed by atoms with Crippen LogP contribution in [0.1, 0.15) is 12.0 Å². The molecule has 3 rings (SSSR count). The Hall–Kier alpha value is -2.56. The van der Waals surface area contributed by atoms with Crippen molar-refractivity contribution < 1.29 is 9.18 Å². The molecule has 24 heavy (non-hydrogen) atoms. The molecule has 2 aromatic carbocycles. The first-order chi connectivity index (χ1) is 11.6. The van der Waals surface area contributed by atoms with Gasteiger partial charge in [0.05, 0.1) is 5.69 Å². The molecule has 5 heteroatoms. The zero-order chi connectivity index (χ0) is 16.9. The predicted octanol–water partition coefficient (Wildman–Crippen LogP) is 3.78. The van der Waals surface area contributed by atoms with Crippen LogP contribution < -0.4 is 15.5 Å². The summed E-state index contributed by atoms with van der Waals surface area (Å²) in [6.45, 7) is 4.17. The SMILES string of the molecule is Cc1cccc(NC(=O)NC[C@H]2CCN(c3ccccc3)C2)c1F. The second kappa shape index (κ2) is 7.34. The van der Waals surface area contributed by atoms with Crippen molar-refractivity contribution >= 4 is 17.4 Å². The molecule has 2 aromatic rings. The summed E-state index contributed by atoms with van der Waals surface area (Å²) in [5, 5.41) is 5.43. The highest BCUT2D eigenvalue weighted by Gasteiger charge is 2.23. The Morgan fingerprint density at radius 3 is 2.79 bits per heavy atom. The number of nitrogens with one attached hydrogen (secondary N) is 2. The molecule has 0 aromatic heterocycles. The molecule has 1 saturated heterocycles. The Kier molecular flexibility index (Phi) is 4.99. The second-order valence-electron chi connectivity index (χ2n) is 6.21. The van der Waals surface area contributed by atoms with Crippen LogP contribution in [0.5, 0.6) is 0 Å². The summed E-state index contributed by atoms with van der Waals surface area (Å²) < 4.78 is 13.9. The highest BCUT2D eigenvalue weighted by atomic mass is 19.1. The Bertz CT molecular complexity index is 705. The fraction of sp³-hybridized carbons (Fsp3) is 0.316. The van der Waals surface area contributed by atoms with E-state index in [0.29, 0.717) is 18.0 Å². The minimum absolute atomic E-state index is 0.213. The van der Waals surface area contributed by atoms with Gasteiger partial charge in [0, 0.05) is 25.3 Å². The third-order valence-electron chi connectivity index (χ3n) is 4.40. The maximum atomic E-state index is 13.9. The Morgan fingerprint density at radius 2 is 2.00 bits per heavy atom. The minimum atomic E-state index is -0.385. The topological polar surface area (TPSA) is 44.4 Å². The molecule has 0 aliphatic carbocycles. The summed E-state index contributed by atoms with van der Waals surface area (Å²) in [5.41, 5.74) is 1.94. The van der Waals surface area contributed by atoms with Gasteiger partial charge in [0.1, 0.15) is 5.82 Å². The van der Waals surface area contributed by atoms with Crippen LogP contribution in [0.15, 0.2) is 48.5 Å². The first kappa shape index (κ1) is 16.3. The van der Waals surface area contributed by atoms with Crippen LogP contribution >= 0.6 is 0 Å². The monoisotopic (exact) mass is 327 g/mol. The zero-order valence-corrected chi connectivity index (χ0v) is 13.8. The second-order valence-corrected chi connectivity index (χ2v) is 6.21. The van der Waals surface area contributed by atoms with E-state index in [1.54, 1.807) is 25.1 Å². The molecule has 0 saturated carbocycles. The van der Waals surface area contributed by atoms with E-state index >= 15 is 0 Å². The van der Waals surface area contributed by atoms with Gasteiger partial charge >= 0.3 is 6.03 Å². The Labute approximate surface area is 141 Å². The van der Waals surface area contributed by atoms with E-state index in [2.05, 4.69) is 27.7 Å². The zero-order valence-electron chi connectivity index (χ0n) is 13.8. The molecule has 1 aliphatic rings. The summed E-state index contributed by atoms with van der Waals surface area (Å²) in [6, 6.07) is 14.9. The molecule has 0 bridgehead atoms. The molecule has 1 heterocycles. The van der Waals surface area contributed by atoms with Gasteiger partial charge in [0.15, 0.2) is 0 Å². The quantitative estimate of drug-likeness (QED) is 0.897. The number of carbonyl (C=O) groups excluding carboxylic acids is 1. The van der Waals surface area contributed by atoms with Gasteiger partial charge < -0.3 is 15.5 Å². The van der Waals surface area contributed by atoms with Gasteiger partial charge in [-0.3, -0.25) is 0 Å².